The zero-order chi connectivity index (χ0) is 13.9. The number of nitrogen functional groups attached to an aromatic ring is 1. The number of nitrogens with two attached hydrogens (primary N) is 1. The van der Waals surface area contributed by atoms with Gasteiger partial charge in [0, 0.05) is 44.6 Å². The molecule has 7 heteroatoms. The van der Waals surface area contributed by atoms with Crippen LogP contribution in [0.3, 0.4) is 0 Å². The molecule has 1 fully saturated rings. The van der Waals surface area contributed by atoms with Gasteiger partial charge in [0.25, 0.3) is 5.91 Å². The number of piperazine rings is 1. The lowest BCUT2D eigenvalue weighted by Gasteiger charge is -2.34. The number of hydrogen-bond donors (Lipinski definition) is 3. The number of nitrogens with one attached hydrogen (secondary N) is 2. The van der Waals surface area contributed by atoms with Gasteiger partial charge in [-0.15, -0.1) is 0 Å². The molecule has 0 radical (unpaired) electrons. The summed E-state index contributed by atoms with van der Waals surface area (Å²) < 4.78 is 0. The van der Waals surface area contributed by atoms with Crippen molar-refractivity contribution < 1.29 is 4.79 Å². The van der Waals surface area contributed by atoms with E-state index in [1.807, 2.05) is 17.2 Å². The molecule has 7 nitrogen and oxygen atoms in total. The zero-order valence-corrected chi connectivity index (χ0v) is 11.2. The zero-order valence-electron chi connectivity index (χ0n) is 11.2. The quantitative estimate of drug-likeness (QED) is 0.749. The van der Waals surface area contributed by atoms with Gasteiger partial charge in [-0.2, -0.15) is 0 Å². The second kappa shape index (κ2) is 5.38. The number of imidazole rings is 1. The normalized spacial score (nSPS) is 16.5. The Morgan fingerprint density at radius 2 is 2.15 bits per heavy atom. The van der Waals surface area contributed by atoms with Gasteiger partial charge in [-0.05, 0) is 12.1 Å². The van der Waals surface area contributed by atoms with E-state index >= 15 is 0 Å². The highest BCUT2D eigenvalue weighted by atomic mass is 16.2. The Balaban J connectivity index is 1.54. The highest BCUT2D eigenvalue weighted by molar-refractivity contribution is 5.92. The van der Waals surface area contributed by atoms with Gasteiger partial charge in [0.1, 0.15) is 5.69 Å². The van der Waals surface area contributed by atoms with E-state index in [9.17, 15) is 4.79 Å². The number of hydrogen-bond acceptors (Lipinski definition) is 4. The minimum Gasteiger partial charge on any atom is -0.369 e. The molecule has 4 N–H and O–H groups in total. The van der Waals surface area contributed by atoms with Crippen LogP contribution >= 0.6 is 0 Å². The van der Waals surface area contributed by atoms with Crippen molar-refractivity contribution in [2.24, 2.45) is 0 Å². The Morgan fingerprint density at radius 3 is 2.75 bits per heavy atom. The molecule has 0 bridgehead atoms. The number of aromatic amines is 2. The van der Waals surface area contributed by atoms with Crippen molar-refractivity contribution >= 4 is 11.9 Å². The van der Waals surface area contributed by atoms with E-state index < -0.39 is 0 Å². The SMILES string of the molecule is Nc1ncc(C(=O)N2CCN(Cc3ccc[nH]3)CC2)[nH]1. The second-order valence-corrected chi connectivity index (χ2v) is 4.95. The number of aromatic nitrogens is 3. The standard InChI is InChI=1S/C13H18N6O/c14-13-16-8-11(17-13)12(20)19-6-4-18(5-7-19)9-10-2-1-3-15-10/h1-3,8,15H,4-7,9H2,(H3,14,16,17). The summed E-state index contributed by atoms with van der Waals surface area (Å²) in [6.07, 6.45) is 3.42. The van der Waals surface area contributed by atoms with Crippen LogP contribution in [0.25, 0.3) is 0 Å². The number of H-pyrrole nitrogens is 2. The Hall–Kier alpha value is -2.28. The van der Waals surface area contributed by atoms with Gasteiger partial charge in [-0.3, -0.25) is 9.69 Å². The summed E-state index contributed by atoms with van der Waals surface area (Å²) >= 11 is 0. The number of carbonyl (C=O) groups is 1. The van der Waals surface area contributed by atoms with E-state index in [1.54, 1.807) is 0 Å². The number of amides is 1. The molecule has 0 spiro atoms. The van der Waals surface area contributed by atoms with Crippen LogP contribution in [-0.2, 0) is 6.54 Å². The maximum Gasteiger partial charge on any atom is 0.272 e. The molecule has 1 saturated heterocycles. The lowest BCUT2D eigenvalue weighted by molar-refractivity contribution is 0.0622. The first-order chi connectivity index (χ1) is 9.72. The van der Waals surface area contributed by atoms with Crippen LogP contribution in [0.4, 0.5) is 5.95 Å². The molecule has 3 heterocycles. The molecule has 1 amide bonds. The fourth-order valence-electron chi connectivity index (χ4n) is 2.43. The maximum absolute atomic E-state index is 12.2. The van der Waals surface area contributed by atoms with Crippen LogP contribution < -0.4 is 5.73 Å². The molecule has 0 unspecified atom stereocenters. The van der Waals surface area contributed by atoms with Crippen LogP contribution in [0.1, 0.15) is 16.2 Å². The lowest BCUT2D eigenvalue weighted by atomic mass is 10.2. The first kappa shape index (κ1) is 12.7. The van der Waals surface area contributed by atoms with E-state index in [4.69, 9.17) is 5.73 Å². The van der Waals surface area contributed by atoms with Crippen LogP contribution in [0.2, 0.25) is 0 Å². The summed E-state index contributed by atoms with van der Waals surface area (Å²) in [4.78, 5) is 26.2. The molecule has 2 aromatic heterocycles. The van der Waals surface area contributed by atoms with Crippen LogP contribution in [0.5, 0.6) is 0 Å². The van der Waals surface area contributed by atoms with E-state index in [0.717, 1.165) is 32.7 Å². The molecule has 1 aliphatic heterocycles. The number of rotatable bonds is 3. The maximum atomic E-state index is 12.2. The minimum atomic E-state index is -0.0336. The fraction of sp³-hybridized carbons (Fsp3) is 0.385. The van der Waals surface area contributed by atoms with Crippen molar-refractivity contribution in [3.05, 3.63) is 35.9 Å². The van der Waals surface area contributed by atoms with E-state index in [1.165, 1.54) is 11.9 Å². The Kier molecular flexibility index (Phi) is 3.42. The van der Waals surface area contributed by atoms with Crippen molar-refractivity contribution in [2.45, 2.75) is 6.54 Å². The van der Waals surface area contributed by atoms with Crippen LogP contribution in [0, 0.1) is 0 Å². The number of nitrogens with zero attached hydrogens (tertiary/aromatic N) is 3. The summed E-state index contributed by atoms with van der Waals surface area (Å²) in [6.45, 7) is 4.08. The van der Waals surface area contributed by atoms with Gasteiger partial charge in [-0.1, -0.05) is 0 Å². The Labute approximate surface area is 116 Å². The molecular formula is C13H18N6O. The molecule has 0 saturated carbocycles. The summed E-state index contributed by atoms with van der Waals surface area (Å²) in [5.74, 6) is 0.243. The first-order valence-corrected chi connectivity index (χ1v) is 6.67. The van der Waals surface area contributed by atoms with E-state index in [-0.39, 0.29) is 11.9 Å². The van der Waals surface area contributed by atoms with Crippen molar-refractivity contribution in [3.8, 4) is 0 Å². The molecule has 0 atom stereocenters. The van der Waals surface area contributed by atoms with Gasteiger partial charge in [-0.25, -0.2) is 4.98 Å². The van der Waals surface area contributed by atoms with Gasteiger partial charge in [0.2, 0.25) is 0 Å². The lowest BCUT2D eigenvalue weighted by Crippen LogP contribution is -2.48. The molecule has 106 valence electrons. The molecule has 2 aromatic rings. The molecule has 0 aromatic carbocycles. The average molecular weight is 274 g/mol. The third-order valence-electron chi connectivity index (χ3n) is 3.54. The summed E-state index contributed by atoms with van der Waals surface area (Å²) in [5, 5.41) is 0. The monoisotopic (exact) mass is 274 g/mol. The summed E-state index contributed by atoms with van der Waals surface area (Å²) in [7, 11) is 0. The molecule has 20 heavy (non-hydrogen) atoms. The highest BCUT2D eigenvalue weighted by Gasteiger charge is 2.23. The van der Waals surface area contributed by atoms with Crippen molar-refractivity contribution in [2.75, 3.05) is 31.9 Å². The minimum absolute atomic E-state index is 0.0336. The van der Waals surface area contributed by atoms with Gasteiger partial charge in [0.15, 0.2) is 5.95 Å². The van der Waals surface area contributed by atoms with Crippen molar-refractivity contribution in [1.82, 2.24) is 24.8 Å². The average Bonchev–Trinajstić information content (AvgIpc) is 3.10. The smallest absolute Gasteiger partial charge is 0.272 e. The molecular weight excluding hydrogens is 256 g/mol. The van der Waals surface area contributed by atoms with Gasteiger partial charge >= 0.3 is 0 Å². The first-order valence-electron chi connectivity index (χ1n) is 6.67. The van der Waals surface area contributed by atoms with E-state index in [0.29, 0.717) is 5.69 Å². The molecule has 0 aliphatic carbocycles. The third kappa shape index (κ3) is 2.67. The van der Waals surface area contributed by atoms with Crippen molar-refractivity contribution in [1.29, 1.82) is 0 Å². The molecule has 1 aliphatic rings. The second-order valence-electron chi connectivity index (χ2n) is 4.95. The highest BCUT2D eigenvalue weighted by Crippen LogP contribution is 2.10. The fourth-order valence-corrected chi connectivity index (χ4v) is 2.43. The third-order valence-corrected chi connectivity index (χ3v) is 3.54. The van der Waals surface area contributed by atoms with Crippen molar-refractivity contribution in [3.63, 3.8) is 0 Å². The topological polar surface area (TPSA) is 94.0 Å². The van der Waals surface area contributed by atoms with Crippen LogP contribution in [-0.4, -0.2) is 56.8 Å². The van der Waals surface area contributed by atoms with Gasteiger partial charge in [0.05, 0.1) is 6.20 Å². The Morgan fingerprint density at radius 1 is 1.35 bits per heavy atom. The predicted octanol–water partition coefficient (Wildman–Crippen LogP) is 0.278. The summed E-state index contributed by atoms with van der Waals surface area (Å²) in [6, 6.07) is 4.07. The van der Waals surface area contributed by atoms with Gasteiger partial charge < -0.3 is 20.6 Å². The number of anilines is 1. The molecule has 3 rings (SSSR count). The predicted molar refractivity (Wildman–Crippen MR) is 75.0 cm³/mol. The number of carbonyl (C=O) groups excluding carboxylic acids is 1. The Bertz CT molecular complexity index is 567. The largest absolute Gasteiger partial charge is 0.369 e. The summed E-state index contributed by atoms with van der Waals surface area (Å²) in [5.41, 5.74) is 7.15. The van der Waals surface area contributed by atoms with Crippen LogP contribution in [0.15, 0.2) is 24.5 Å². The van der Waals surface area contributed by atoms with E-state index in [2.05, 4.69) is 25.9 Å².